The number of thioether (sulfide) groups is 1. The Bertz CT molecular complexity index is 329. The average molecular weight is 262 g/mol. The third kappa shape index (κ3) is 5.39. The van der Waals surface area contributed by atoms with Crippen molar-refractivity contribution in [3.8, 4) is 0 Å². The van der Waals surface area contributed by atoms with Crippen LogP contribution in [0.2, 0.25) is 0 Å². The van der Waals surface area contributed by atoms with Crippen molar-refractivity contribution < 1.29 is 9.90 Å². The van der Waals surface area contributed by atoms with Crippen molar-refractivity contribution in [1.82, 2.24) is 0 Å². The second-order valence-electron chi connectivity index (χ2n) is 3.45. The number of nitrogens with two attached hydrogens (primary N) is 1. The van der Waals surface area contributed by atoms with E-state index in [9.17, 15) is 4.79 Å². The molecule has 0 radical (unpaired) electrons. The van der Waals surface area contributed by atoms with E-state index in [2.05, 4.69) is 12.1 Å². The number of benzene rings is 1. The molecule has 0 saturated heterocycles. The van der Waals surface area contributed by atoms with Crippen LogP contribution < -0.4 is 5.73 Å². The van der Waals surface area contributed by atoms with Crippen molar-refractivity contribution in [3.63, 3.8) is 0 Å². The fourth-order valence-corrected chi connectivity index (χ4v) is 2.00. The third-order valence-corrected chi connectivity index (χ3v) is 3.14. The Hall–Kier alpha value is -0.710. The van der Waals surface area contributed by atoms with Gasteiger partial charge in [-0.1, -0.05) is 29.8 Å². The summed E-state index contributed by atoms with van der Waals surface area (Å²) in [6.45, 7) is 2.04. The lowest BCUT2D eigenvalue weighted by Gasteiger charge is -2.06. The highest BCUT2D eigenvalue weighted by Gasteiger charge is 2.10. The molecule has 5 heteroatoms. The van der Waals surface area contributed by atoms with Crippen LogP contribution in [0.1, 0.15) is 11.1 Å². The SMILES string of the molecule is Cc1ccc(CSCC(N)C(=O)O)cc1.Cl. The average Bonchev–Trinajstić information content (AvgIpc) is 2.20. The van der Waals surface area contributed by atoms with Crippen molar-refractivity contribution in [3.05, 3.63) is 35.4 Å². The largest absolute Gasteiger partial charge is 0.480 e. The van der Waals surface area contributed by atoms with Gasteiger partial charge in [-0.3, -0.25) is 4.79 Å². The Morgan fingerprint density at radius 1 is 1.44 bits per heavy atom. The minimum absolute atomic E-state index is 0. The summed E-state index contributed by atoms with van der Waals surface area (Å²) in [4.78, 5) is 10.4. The molecule has 16 heavy (non-hydrogen) atoms. The predicted octanol–water partition coefficient (Wildman–Crippen LogP) is 2.06. The Balaban J connectivity index is 0.00000225. The van der Waals surface area contributed by atoms with Gasteiger partial charge in [0.1, 0.15) is 6.04 Å². The van der Waals surface area contributed by atoms with Crippen LogP contribution in [0.5, 0.6) is 0 Å². The summed E-state index contributed by atoms with van der Waals surface area (Å²) in [5, 5.41) is 8.58. The minimum atomic E-state index is -0.939. The number of hydrogen-bond donors (Lipinski definition) is 2. The molecule has 0 saturated carbocycles. The van der Waals surface area contributed by atoms with Crippen LogP contribution in [0, 0.1) is 6.92 Å². The maximum absolute atomic E-state index is 10.4. The smallest absolute Gasteiger partial charge is 0.321 e. The number of carboxylic acids is 1. The van der Waals surface area contributed by atoms with Gasteiger partial charge in [0.15, 0.2) is 0 Å². The summed E-state index contributed by atoms with van der Waals surface area (Å²) in [5.41, 5.74) is 7.81. The van der Waals surface area contributed by atoms with Crippen molar-refractivity contribution in [2.24, 2.45) is 5.73 Å². The molecule has 0 heterocycles. The number of aliphatic carboxylic acids is 1. The fraction of sp³-hybridized carbons (Fsp3) is 0.364. The van der Waals surface area contributed by atoms with E-state index in [1.807, 2.05) is 19.1 Å². The van der Waals surface area contributed by atoms with Gasteiger partial charge in [0.2, 0.25) is 0 Å². The minimum Gasteiger partial charge on any atom is -0.480 e. The molecule has 1 aromatic rings. The Kier molecular flexibility index (Phi) is 7.21. The Labute approximate surface area is 106 Å². The molecule has 0 aliphatic carbocycles. The first kappa shape index (κ1) is 15.3. The molecular formula is C11H16ClNO2S. The summed E-state index contributed by atoms with van der Waals surface area (Å²) in [6.07, 6.45) is 0. The lowest BCUT2D eigenvalue weighted by molar-refractivity contribution is -0.137. The topological polar surface area (TPSA) is 63.3 Å². The molecule has 90 valence electrons. The van der Waals surface area contributed by atoms with Crippen molar-refractivity contribution in [1.29, 1.82) is 0 Å². The van der Waals surface area contributed by atoms with Gasteiger partial charge in [0.05, 0.1) is 0 Å². The van der Waals surface area contributed by atoms with Gasteiger partial charge in [-0.15, -0.1) is 12.4 Å². The predicted molar refractivity (Wildman–Crippen MR) is 70.2 cm³/mol. The number of aryl methyl sites for hydroxylation is 1. The molecular weight excluding hydrogens is 246 g/mol. The molecule has 0 fully saturated rings. The third-order valence-electron chi connectivity index (χ3n) is 2.00. The summed E-state index contributed by atoms with van der Waals surface area (Å²) < 4.78 is 0. The molecule has 0 bridgehead atoms. The highest BCUT2D eigenvalue weighted by molar-refractivity contribution is 7.98. The Morgan fingerprint density at radius 3 is 2.50 bits per heavy atom. The molecule has 0 spiro atoms. The van der Waals surface area contributed by atoms with Crippen LogP contribution in [0.25, 0.3) is 0 Å². The number of carbonyl (C=O) groups is 1. The van der Waals surface area contributed by atoms with E-state index < -0.39 is 12.0 Å². The van der Waals surface area contributed by atoms with Crippen LogP contribution in [-0.2, 0) is 10.5 Å². The van der Waals surface area contributed by atoms with E-state index in [1.165, 1.54) is 11.1 Å². The van der Waals surface area contributed by atoms with E-state index in [0.717, 1.165) is 5.75 Å². The lowest BCUT2D eigenvalue weighted by atomic mass is 10.2. The zero-order valence-electron chi connectivity index (χ0n) is 9.05. The Morgan fingerprint density at radius 2 is 2.00 bits per heavy atom. The summed E-state index contributed by atoms with van der Waals surface area (Å²) in [6, 6.07) is 7.43. The van der Waals surface area contributed by atoms with E-state index >= 15 is 0 Å². The van der Waals surface area contributed by atoms with Crippen LogP contribution >= 0.6 is 24.2 Å². The number of carboxylic acid groups (broad SMARTS) is 1. The molecule has 0 amide bonds. The first-order valence-corrected chi connectivity index (χ1v) is 5.86. The summed E-state index contributed by atoms with van der Waals surface area (Å²) in [5.74, 6) is 0.316. The molecule has 1 atom stereocenters. The summed E-state index contributed by atoms with van der Waals surface area (Å²) in [7, 11) is 0. The van der Waals surface area contributed by atoms with Gasteiger partial charge < -0.3 is 10.8 Å². The molecule has 0 aliphatic heterocycles. The molecule has 3 nitrogen and oxygen atoms in total. The number of rotatable bonds is 5. The molecule has 3 N–H and O–H groups in total. The standard InChI is InChI=1S/C11H15NO2S.ClH/c1-8-2-4-9(5-3-8)6-15-7-10(12)11(13)14;/h2-5,10H,6-7,12H2,1H3,(H,13,14);1H. The van der Waals surface area contributed by atoms with Crippen molar-refractivity contribution in [2.75, 3.05) is 5.75 Å². The monoisotopic (exact) mass is 261 g/mol. The zero-order chi connectivity index (χ0) is 11.3. The van der Waals surface area contributed by atoms with Gasteiger partial charge in [-0.2, -0.15) is 11.8 Å². The van der Waals surface area contributed by atoms with Crippen LogP contribution in [0.4, 0.5) is 0 Å². The molecule has 0 aliphatic rings. The first-order valence-electron chi connectivity index (χ1n) is 4.71. The maximum Gasteiger partial charge on any atom is 0.321 e. The van der Waals surface area contributed by atoms with Crippen LogP contribution in [0.15, 0.2) is 24.3 Å². The van der Waals surface area contributed by atoms with Crippen LogP contribution in [-0.4, -0.2) is 22.9 Å². The molecule has 1 rings (SSSR count). The first-order chi connectivity index (χ1) is 7.09. The zero-order valence-corrected chi connectivity index (χ0v) is 10.7. The lowest BCUT2D eigenvalue weighted by Crippen LogP contribution is -2.32. The van der Waals surface area contributed by atoms with E-state index in [-0.39, 0.29) is 12.4 Å². The fourth-order valence-electron chi connectivity index (χ4n) is 1.06. The second kappa shape index (κ2) is 7.54. The highest BCUT2D eigenvalue weighted by atomic mass is 35.5. The number of hydrogen-bond acceptors (Lipinski definition) is 3. The van der Waals surface area contributed by atoms with Gasteiger partial charge in [0, 0.05) is 11.5 Å². The maximum atomic E-state index is 10.4. The van der Waals surface area contributed by atoms with E-state index in [4.69, 9.17) is 10.8 Å². The van der Waals surface area contributed by atoms with E-state index in [1.54, 1.807) is 11.8 Å². The second-order valence-corrected chi connectivity index (χ2v) is 4.48. The van der Waals surface area contributed by atoms with Crippen molar-refractivity contribution in [2.45, 2.75) is 18.7 Å². The van der Waals surface area contributed by atoms with Crippen molar-refractivity contribution >= 4 is 30.1 Å². The number of halogens is 1. The molecule has 1 unspecified atom stereocenters. The normalized spacial score (nSPS) is 11.6. The summed E-state index contributed by atoms with van der Waals surface area (Å²) >= 11 is 1.54. The molecule has 1 aromatic carbocycles. The van der Waals surface area contributed by atoms with Gasteiger partial charge in [-0.05, 0) is 12.5 Å². The quantitative estimate of drug-likeness (QED) is 0.852. The van der Waals surface area contributed by atoms with Crippen LogP contribution in [0.3, 0.4) is 0 Å². The van der Waals surface area contributed by atoms with Gasteiger partial charge >= 0.3 is 5.97 Å². The molecule has 0 aromatic heterocycles. The highest BCUT2D eigenvalue weighted by Crippen LogP contribution is 2.13. The van der Waals surface area contributed by atoms with Gasteiger partial charge in [-0.25, -0.2) is 0 Å². The van der Waals surface area contributed by atoms with E-state index in [0.29, 0.717) is 5.75 Å². The van der Waals surface area contributed by atoms with Gasteiger partial charge in [0.25, 0.3) is 0 Å².